The van der Waals surface area contributed by atoms with E-state index in [-0.39, 0.29) is 57.0 Å². The summed E-state index contributed by atoms with van der Waals surface area (Å²) in [6, 6.07) is 0. The maximum Gasteiger partial charge on any atom is 0.126 e. The third-order valence-electron chi connectivity index (χ3n) is 4.54. The van der Waals surface area contributed by atoms with Crippen molar-refractivity contribution in [3.63, 3.8) is 0 Å². The number of nitrogens with zero attached hydrogens (tertiary/aromatic N) is 1. The molecule has 1 saturated carbocycles. The van der Waals surface area contributed by atoms with Crippen molar-refractivity contribution >= 4 is 32.3 Å². The van der Waals surface area contributed by atoms with Gasteiger partial charge in [0.15, 0.2) is 0 Å². The third-order valence-corrected chi connectivity index (χ3v) is 4.78. The summed E-state index contributed by atoms with van der Waals surface area (Å²) in [6.45, 7) is 17.3. The number of ketones is 1. The second-order valence-corrected chi connectivity index (χ2v) is 9.90. The number of piperidine rings is 1. The SMILES string of the molecule is CC(C)=O.CC(C)=S.CNC.CNC.[CH2-]N1C(C)(C)[C@@H]2C(CNP)[C@@H]2C1(C)C.[CH3-].[Y]. The molecule has 1 heterocycles. The molecule has 2 rings (SSSR count). The normalized spacial score (nSPS) is 23.3. The van der Waals surface area contributed by atoms with E-state index < -0.39 is 0 Å². The number of fused-ring (bicyclic) bond motifs is 1. The number of carbonyl (C=O) groups is 1. The molecule has 0 amide bonds. The van der Waals surface area contributed by atoms with Crippen molar-refractivity contribution in [2.45, 2.75) is 66.5 Å². The molecule has 8 heteroatoms. The zero-order chi connectivity index (χ0) is 23.3. The monoisotopic (exact) mass is 539 g/mol. The number of hydrogen-bond donors (Lipinski definition) is 3. The molecule has 2 fully saturated rings. The van der Waals surface area contributed by atoms with Crippen LogP contribution in [0.2, 0.25) is 0 Å². The van der Waals surface area contributed by atoms with Crippen LogP contribution in [0.3, 0.4) is 0 Å². The number of Topliss-reactive ketones (excluding diaryl/α,β-unsaturated/α-hetero) is 1. The van der Waals surface area contributed by atoms with Crippen LogP contribution in [-0.2, 0) is 37.5 Å². The molecular formula is C22H51N4OPSY-2. The van der Waals surface area contributed by atoms with Crippen molar-refractivity contribution < 1.29 is 37.5 Å². The molecule has 3 N–H and O–H groups in total. The van der Waals surface area contributed by atoms with Gasteiger partial charge in [-0.1, -0.05) is 21.6 Å². The summed E-state index contributed by atoms with van der Waals surface area (Å²) in [5, 5.41) is 8.73. The van der Waals surface area contributed by atoms with E-state index in [1.807, 2.05) is 42.0 Å². The summed E-state index contributed by atoms with van der Waals surface area (Å²) in [5.74, 6) is 2.65. The minimum Gasteiger partial charge on any atom is -0.449 e. The topological polar surface area (TPSA) is 56.4 Å². The molecule has 0 aromatic carbocycles. The van der Waals surface area contributed by atoms with Gasteiger partial charge in [0.1, 0.15) is 5.78 Å². The summed E-state index contributed by atoms with van der Waals surface area (Å²) < 4.78 is 0. The third kappa shape index (κ3) is 15.9. The van der Waals surface area contributed by atoms with Crippen LogP contribution in [0.15, 0.2) is 0 Å². The maximum absolute atomic E-state index is 9.44. The molecule has 2 aliphatic rings. The van der Waals surface area contributed by atoms with E-state index in [1.165, 1.54) is 13.8 Å². The van der Waals surface area contributed by atoms with Crippen LogP contribution in [0.5, 0.6) is 0 Å². The predicted octanol–water partition coefficient (Wildman–Crippen LogP) is 4.00. The Hall–Kier alpha value is 1.13. The molecule has 0 aromatic heterocycles. The molecule has 1 radical (unpaired) electrons. The quantitative estimate of drug-likeness (QED) is 0.280. The first kappa shape index (κ1) is 41.4. The van der Waals surface area contributed by atoms with Gasteiger partial charge in [0.05, 0.1) is 0 Å². The van der Waals surface area contributed by atoms with Gasteiger partial charge in [0, 0.05) is 39.3 Å². The van der Waals surface area contributed by atoms with Crippen LogP contribution in [0.1, 0.15) is 55.4 Å². The fourth-order valence-electron chi connectivity index (χ4n) is 3.79. The second-order valence-electron chi connectivity index (χ2n) is 8.68. The minimum absolute atomic E-state index is 0. The first-order chi connectivity index (χ1) is 12.6. The molecule has 1 aliphatic carbocycles. The van der Waals surface area contributed by atoms with Gasteiger partial charge >= 0.3 is 0 Å². The van der Waals surface area contributed by atoms with Crippen LogP contribution in [0, 0.1) is 32.2 Å². The molecular weight excluding hydrogens is 488 g/mol. The number of likely N-dealkylation sites (tertiary alicyclic amines) is 1. The summed E-state index contributed by atoms with van der Waals surface area (Å²) >= 11 is 4.54. The van der Waals surface area contributed by atoms with E-state index in [1.54, 1.807) is 0 Å². The van der Waals surface area contributed by atoms with E-state index in [4.69, 9.17) is 0 Å². The molecule has 1 saturated heterocycles. The first-order valence-electron chi connectivity index (χ1n) is 9.80. The zero-order valence-corrected chi connectivity index (χ0v) is 26.9. The van der Waals surface area contributed by atoms with Gasteiger partial charge in [-0.3, -0.25) is 7.05 Å². The van der Waals surface area contributed by atoms with E-state index in [0.717, 1.165) is 29.2 Å². The van der Waals surface area contributed by atoms with Crippen LogP contribution in [0.4, 0.5) is 0 Å². The fraction of sp³-hybridized carbons (Fsp3) is 0.818. The molecule has 4 atom stereocenters. The zero-order valence-electron chi connectivity index (χ0n) is 22.1. The molecule has 1 aliphatic heterocycles. The fourth-order valence-corrected chi connectivity index (χ4v) is 4.07. The van der Waals surface area contributed by atoms with E-state index in [2.05, 4.69) is 77.0 Å². The van der Waals surface area contributed by atoms with Gasteiger partial charge in [-0.05, 0) is 117 Å². The van der Waals surface area contributed by atoms with Gasteiger partial charge in [-0.15, -0.1) is 0 Å². The van der Waals surface area contributed by atoms with Gasteiger partial charge in [0.25, 0.3) is 0 Å². The molecule has 181 valence electrons. The van der Waals surface area contributed by atoms with Crippen molar-refractivity contribution in [2.24, 2.45) is 17.8 Å². The van der Waals surface area contributed by atoms with E-state index >= 15 is 0 Å². The Morgan fingerprint density at radius 1 is 0.967 bits per heavy atom. The summed E-state index contributed by atoms with van der Waals surface area (Å²) in [4.78, 5) is 12.8. The molecule has 2 unspecified atom stereocenters. The number of hydrogen-bond acceptors (Lipinski definition) is 6. The van der Waals surface area contributed by atoms with Crippen molar-refractivity contribution in [1.29, 1.82) is 0 Å². The van der Waals surface area contributed by atoms with Gasteiger partial charge in [-0.2, -0.15) is 0 Å². The smallest absolute Gasteiger partial charge is 0.126 e. The Balaban J connectivity index is -0.000000110. The van der Waals surface area contributed by atoms with Crippen LogP contribution < -0.4 is 15.7 Å². The molecule has 5 nitrogen and oxygen atoms in total. The molecule has 30 heavy (non-hydrogen) atoms. The second kappa shape index (κ2) is 20.7. The van der Waals surface area contributed by atoms with Gasteiger partial charge in [-0.25, -0.2) is 0 Å². The van der Waals surface area contributed by atoms with Crippen LogP contribution >= 0.6 is 21.6 Å². The maximum atomic E-state index is 9.44. The van der Waals surface area contributed by atoms with E-state index in [0.29, 0.717) is 0 Å². The summed E-state index contributed by atoms with van der Waals surface area (Å²) in [5.41, 5.74) is 0.528. The van der Waals surface area contributed by atoms with Crippen LogP contribution in [0.25, 0.3) is 0 Å². The van der Waals surface area contributed by atoms with Crippen molar-refractivity contribution in [3.05, 3.63) is 14.5 Å². The Kier molecular flexibility index (Phi) is 28.6. The number of carbonyl (C=O) groups excluding carboxylic acids is 1. The molecule has 0 aromatic rings. The van der Waals surface area contributed by atoms with E-state index in [9.17, 15) is 4.79 Å². The largest absolute Gasteiger partial charge is 0.449 e. The standard InChI is InChI=1S/C11H22N2P.C3H6O.C3H6S.2C2H7N.CH3.Y/c1-10(2)8-7(6-12-14)9(8)11(3,4)13(10)5;2*1-3(2)4;2*1-3-2;;/h7-9,12H,5-6,14H2,1-4H3;2*1-2H3;2*3H,1-2H3;1H3;/q-1;;;;;-1;/t7?,8-,9+;;;;;;. The number of rotatable bonds is 2. The van der Waals surface area contributed by atoms with Crippen molar-refractivity contribution in [3.8, 4) is 0 Å². The van der Waals surface area contributed by atoms with Crippen molar-refractivity contribution in [1.82, 2.24) is 20.6 Å². The number of thiocarbonyl (C=S) groups is 1. The molecule has 0 spiro atoms. The Morgan fingerprint density at radius 3 is 1.33 bits per heavy atom. The van der Waals surface area contributed by atoms with Crippen LogP contribution in [-0.4, -0.2) is 61.4 Å². The van der Waals surface area contributed by atoms with Crippen molar-refractivity contribution in [2.75, 3.05) is 34.7 Å². The number of nitrogens with one attached hydrogen (secondary N) is 3. The predicted molar refractivity (Wildman–Crippen MR) is 140 cm³/mol. The first-order valence-corrected chi connectivity index (χ1v) is 10.8. The summed E-state index contributed by atoms with van der Waals surface area (Å²) in [6.07, 6.45) is 0. The summed E-state index contributed by atoms with van der Waals surface area (Å²) in [7, 11) is 14.3. The average Bonchev–Trinajstić information content (AvgIpc) is 3.19. The molecule has 0 bridgehead atoms. The minimum atomic E-state index is 0. The average molecular weight is 540 g/mol. The Morgan fingerprint density at radius 2 is 1.17 bits per heavy atom. The Labute approximate surface area is 222 Å². The van der Waals surface area contributed by atoms with Gasteiger partial charge in [0.2, 0.25) is 0 Å². The van der Waals surface area contributed by atoms with Gasteiger partial charge < -0.3 is 32.8 Å². The Bertz CT molecular complexity index is 407.